The van der Waals surface area contributed by atoms with Gasteiger partial charge in [0.25, 0.3) is 0 Å². The molecule has 0 unspecified atom stereocenters. The van der Waals surface area contributed by atoms with E-state index >= 15 is 0 Å². The second kappa shape index (κ2) is 10.9. The molecule has 0 aromatic carbocycles. The first-order valence-corrected chi connectivity index (χ1v) is 0.707. The van der Waals surface area contributed by atoms with Gasteiger partial charge in [-0.2, -0.15) is 0 Å². The van der Waals surface area contributed by atoms with Crippen LogP contribution in [0.2, 0.25) is 0 Å². The van der Waals surface area contributed by atoms with Gasteiger partial charge in [-0.3, -0.25) is 7.32 Å². The minimum absolute atomic E-state index is 0. The van der Waals surface area contributed by atoms with E-state index in [9.17, 15) is 0 Å². The first-order chi connectivity index (χ1) is 1.73. The third-order valence-electron chi connectivity index (χ3n) is 0. The zero-order valence-electron chi connectivity index (χ0n) is 3.22. The predicted molar refractivity (Wildman–Crippen MR) is 17.3 cm³/mol. The summed E-state index contributed by atoms with van der Waals surface area (Å²) in [4.78, 5) is 0. The molecule has 0 aliphatic rings. The van der Waals surface area contributed by atoms with E-state index in [0.29, 0.717) is 0 Å². The zero-order valence-corrected chi connectivity index (χ0v) is 11.1. The zero-order chi connectivity index (χ0) is 3.58. The number of hydrogen-bond donors (Lipinski definition) is 0. The summed E-state index contributed by atoms with van der Waals surface area (Å²) in [6.45, 7) is 0. The molecule has 6 heteroatoms. The summed E-state index contributed by atoms with van der Waals surface area (Å²) in [5.74, 6) is 0. The Kier molecular flexibility index (Phi) is 29.0. The van der Waals surface area contributed by atoms with Crippen LogP contribution in [-0.2, 0) is 0 Å². The Balaban J connectivity index is -0.0000000450. The van der Waals surface area contributed by atoms with Crippen molar-refractivity contribution in [2.24, 2.45) is 0 Å². The minimum Gasteiger partial charge on any atom is -0.907 e. The summed E-state index contributed by atoms with van der Waals surface area (Å²) in [6, 6.07) is 0. The average Bonchev–Trinajstić information content (AvgIpc) is 0.811. The van der Waals surface area contributed by atoms with E-state index in [-0.39, 0.29) is 94.4 Å². The molecule has 24 valence electrons. The molecule has 0 saturated heterocycles. The third-order valence-corrected chi connectivity index (χ3v) is 0. The van der Waals surface area contributed by atoms with Crippen molar-refractivity contribution in [3.8, 4) is 0 Å². The van der Waals surface area contributed by atoms with Gasteiger partial charge in [0.05, 0.1) is 0 Å². The molecule has 3 nitrogen and oxygen atoms in total. The molecule has 0 fully saturated rings. The van der Waals surface area contributed by atoms with Crippen LogP contribution in [-0.4, -0.2) is 102 Å². The Bertz CT molecular complexity index is 15.5. The van der Waals surface area contributed by atoms with E-state index in [1.54, 1.807) is 0 Å². The van der Waals surface area contributed by atoms with Gasteiger partial charge in [-0.05, 0) is 0 Å². The van der Waals surface area contributed by atoms with Crippen molar-refractivity contribution in [2.75, 3.05) is 0 Å². The van der Waals surface area contributed by atoms with Gasteiger partial charge in [-0.1, -0.05) is 0 Å². The van der Waals surface area contributed by atoms with Gasteiger partial charge < -0.3 is 15.1 Å². The smallest absolute Gasteiger partial charge is 0.907 e. The van der Waals surface area contributed by atoms with Crippen molar-refractivity contribution in [1.82, 2.24) is 0 Å². The van der Waals surface area contributed by atoms with Gasteiger partial charge in [0.15, 0.2) is 0 Å². The van der Waals surface area contributed by atoms with Crippen LogP contribution in [0.5, 0.6) is 0 Å². The number of hydrogen-bond acceptors (Lipinski definition) is 3. The van der Waals surface area contributed by atoms with E-state index in [2.05, 4.69) is 0 Å². The van der Waals surface area contributed by atoms with Crippen LogP contribution in [0.3, 0.4) is 0 Å². The fourth-order valence-corrected chi connectivity index (χ4v) is 0. The van der Waals surface area contributed by atoms with Gasteiger partial charge in [0.2, 0.25) is 0 Å². The first kappa shape index (κ1) is 16.0. The van der Waals surface area contributed by atoms with Gasteiger partial charge in [0, 0.05) is 0 Å². The Labute approximate surface area is 114 Å². The van der Waals surface area contributed by atoms with Gasteiger partial charge >= 0.3 is 94.4 Å². The van der Waals surface area contributed by atoms with E-state index in [1.807, 2.05) is 0 Å². The minimum atomic E-state index is -2.92. The Morgan fingerprint density at radius 3 is 1.00 bits per heavy atom. The molecule has 0 rings (SSSR count). The fourth-order valence-electron chi connectivity index (χ4n) is 0. The van der Waals surface area contributed by atoms with Crippen molar-refractivity contribution >= 4 is 102 Å². The average molecular weight is 284 g/mol. The second-order valence-corrected chi connectivity index (χ2v) is 0.289. The maximum Gasteiger partial charge on any atom is 2.00 e. The molecule has 0 aliphatic carbocycles. The molecule has 0 heterocycles. The monoisotopic (exact) mass is 285 g/mol. The van der Waals surface area contributed by atoms with Crippen LogP contribution in [0, 0.1) is 0 Å². The molecule has 0 aromatic heterocycles. The predicted octanol–water partition coefficient (Wildman–Crippen LogP) is -4.71. The maximum atomic E-state index is 8.42. The standard InChI is InChI=1S/BO3.Ba.Sr/c2-1(3)4;;/q-3;2*+2. The molecule has 6 heavy (non-hydrogen) atoms. The molecular formula is BBaO3Sr+. The van der Waals surface area contributed by atoms with Gasteiger partial charge in [-0.15, -0.1) is 0 Å². The quantitative estimate of drug-likeness (QED) is 0.420. The molecule has 0 bridgehead atoms. The van der Waals surface area contributed by atoms with Crippen LogP contribution in [0.25, 0.3) is 0 Å². The first-order valence-electron chi connectivity index (χ1n) is 0.707. The van der Waals surface area contributed by atoms with Crippen molar-refractivity contribution in [1.29, 1.82) is 0 Å². The summed E-state index contributed by atoms with van der Waals surface area (Å²) in [7, 11) is -2.92. The van der Waals surface area contributed by atoms with Crippen molar-refractivity contribution < 1.29 is 15.1 Å². The maximum absolute atomic E-state index is 8.42. The largest absolute Gasteiger partial charge is 2.00 e. The molecular weight excluding hydrogens is 284 g/mol. The molecule has 0 atom stereocenters. The van der Waals surface area contributed by atoms with Crippen LogP contribution in [0.4, 0.5) is 0 Å². The normalized spacial score (nSPS) is 4.50. The summed E-state index contributed by atoms with van der Waals surface area (Å²) in [6.07, 6.45) is 0. The fraction of sp³-hybridized carbons (Fsp3) is 0. The Morgan fingerprint density at radius 2 is 1.00 bits per heavy atom. The van der Waals surface area contributed by atoms with Gasteiger partial charge in [-0.25, -0.2) is 0 Å². The van der Waals surface area contributed by atoms with Crippen molar-refractivity contribution in [3.63, 3.8) is 0 Å². The number of rotatable bonds is 0. The van der Waals surface area contributed by atoms with Gasteiger partial charge in [0.1, 0.15) is 0 Å². The van der Waals surface area contributed by atoms with Crippen LogP contribution >= 0.6 is 0 Å². The van der Waals surface area contributed by atoms with Crippen LogP contribution in [0.15, 0.2) is 0 Å². The van der Waals surface area contributed by atoms with E-state index in [4.69, 9.17) is 15.1 Å². The summed E-state index contributed by atoms with van der Waals surface area (Å²) < 4.78 is 0. The summed E-state index contributed by atoms with van der Waals surface area (Å²) >= 11 is 0. The van der Waals surface area contributed by atoms with E-state index in [0.717, 1.165) is 0 Å². The molecule has 0 radical (unpaired) electrons. The molecule has 0 N–H and O–H groups in total. The third kappa shape index (κ3) is 28.0. The summed E-state index contributed by atoms with van der Waals surface area (Å²) in [5.41, 5.74) is 0. The van der Waals surface area contributed by atoms with Crippen molar-refractivity contribution in [2.45, 2.75) is 0 Å². The van der Waals surface area contributed by atoms with E-state index < -0.39 is 7.32 Å². The van der Waals surface area contributed by atoms with E-state index in [1.165, 1.54) is 0 Å². The SMILES string of the molecule is [Ba+2].[O-]B([O-])[O-].[Sr+2]. The summed E-state index contributed by atoms with van der Waals surface area (Å²) in [5, 5.41) is 25.2. The molecule has 0 aliphatic heterocycles. The van der Waals surface area contributed by atoms with Crippen LogP contribution in [0.1, 0.15) is 0 Å². The molecule has 0 spiro atoms. The Morgan fingerprint density at radius 1 is 1.00 bits per heavy atom. The molecule has 0 aromatic rings. The Hall–Kier alpha value is 3.00. The second-order valence-electron chi connectivity index (χ2n) is 0.289. The molecule has 0 saturated carbocycles. The molecule has 0 amide bonds. The van der Waals surface area contributed by atoms with Crippen LogP contribution < -0.4 is 15.1 Å². The van der Waals surface area contributed by atoms with Crippen molar-refractivity contribution in [3.05, 3.63) is 0 Å². The topological polar surface area (TPSA) is 69.2 Å².